The summed E-state index contributed by atoms with van der Waals surface area (Å²) >= 11 is 1.46. The van der Waals surface area contributed by atoms with Crippen LogP contribution in [0.2, 0.25) is 0 Å². The first-order chi connectivity index (χ1) is 15.4. The Morgan fingerprint density at radius 3 is 2.81 bits per heavy atom. The maximum atomic E-state index is 13.2. The van der Waals surface area contributed by atoms with Crippen LogP contribution in [0.25, 0.3) is 10.2 Å². The van der Waals surface area contributed by atoms with Crippen LogP contribution in [0.5, 0.6) is 0 Å². The standard InChI is InChI=1S/C25H27N5OS/c1-14(2)23-26-10-11-30(23)13-17-6-5-7-19(12-17)28-24(31)21-15(3)20-16(4)27-22(18-8-9-18)29-25(20)32-21/h5-7,10-12,14,18H,8-9,13H2,1-4H3,(H,28,31). The van der Waals surface area contributed by atoms with Crippen LogP contribution in [-0.2, 0) is 6.54 Å². The molecule has 0 aliphatic heterocycles. The molecule has 0 radical (unpaired) electrons. The second-order valence-corrected chi connectivity index (χ2v) is 9.90. The first-order valence-corrected chi connectivity index (χ1v) is 11.9. The maximum Gasteiger partial charge on any atom is 0.266 e. The van der Waals surface area contributed by atoms with E-state index >= 15 is 0 Å². The third-order valence-electron chi connectivity index (χ3n) is 5.94. The number of carbonyl (C=O) groups excluding carboxylic acids is 1. The highest BCUT2D eigenvalue weighted by molar-refractivity contribution is 7.20. The largest absolute Gasteiger partial charge is 0.330 e. The lowest BCUT2D eigenvalue weighted by Gasteiger charge is -2.12. The molecule has 1 aromatic carbocycles. The number of nitrogens with one attached hydrogen (secondary N) is 1. The fourth-order valence-electron chi connectivity index (χ4n) is 4.19. The zero-order chi connectivity index (χ0) is 22.4. The summed E-state index contributed by atoms with van der Waals surface area (Å²) in [5, 5.41) is 4.10. The lowest BCUT2D eigenvalue weighted by Crippen LogP contribution is -2.12. The van der Waals surface area contributed by atoms with Crippen molar-refractivity contribution in [3.8, 4) is 0 Å². The highest BCUT2D eigenvalue weighted by atomic mass is 32.1. The molecule has 0 spiro atoms. The molecule has 1 aliphatic rings. The molecule has 4 aromatic rings. The van der Waals surface area contributed by atoms with Gasteiger partial charge in [0.25, 0.3) is 5.91 Å². The van der Waals surface area contributed by atoms with Crippen molar-refractivity contribution in [2.24, 2.45) is 0 Å². The van der Waals surface area contributed by atoms with Crippen LogP contribution in [-0.4, -0.2) is 25.4 Å². The Morgan fingerprint density at radius 1 is 1.25 bits per heavy atom. The molecule has 3 aromatic heterocycles. The molecule has 164 valence electrons. The highest BCUT2D eigenvalue weighted by Gasteiger charge is 2.28. The Morgan fingerprint density at radius 2 is 2.06 bits per heavy atom. The van der Waals surface area contributed by atoms with Gasteiger partial charge in [-0.3, -0.25) is 4.79 Å². The topological polar surface area (TPSA) is 72.7 Å². The van der Waals surface area contributed by atoms with Crippen molar-refractivity contribution < 1.29 is 4.79 Å². The van der Waals surface area contributed by atoms with E-state index in [0.29, 0.717) is 16.7 Å². The summed E-state index contributed by atoms with van der Waals surface area (Å²) in [6, 6.07) is 8.01. The van der Waals surface area contributed by atoms with Gasteiger partial charge in [-0.2, -0.15) is 0 Å². The normalized spacial score (nSPS) is 13.8. The van der Waals surface area contributed by atoms with Crippen molar-refractivity contribution in [3.05, 3.63) is 70.0 Å². The molecular formula is C25H27N5OS. The lowest BCUT2D eigenvalue weighted by atomic mass is 10.1. The van der Waals surface area contributed by atoms with Gasteiger partial charge in [0.1, 0.15) is 16.5 Å². The van der Waals surface area contributed by atoms with Gasteiger partial charge in [0.15, 0.2) is 0 Å². The molecule has 6 nitrogen and oxygen atoms in total. The van der Waals surface area contributed by atoms with E-state index in [-0.39, 0.29) is 5.91 Å². The summed E-state index contributed by atoms with van der Waals surface area (Å²) in [5.74, 6) is 2.74. The summed E-state index contributed by atoms with van der Waals surface area (Å²) in [5.41, 5.74) is 3.83. The number of aryl methyl sites for hydroxylation is 2. The number of aromatic nitrogens is 4. The minimum absolute atomic E-state index is 0.0967. The van der Waals surface area contributed by atoms with Gasteiger partial charge in [-0.05, 0) is 49.9 Å². The van der Waals surface area contributed by atoms with E-state index in [0.717, 1.165) is 63.8 Å². The van der Waals surface area contributed by atoms with Crippen molar-refractivity contribution in [3.63, 3.8) is 0 Å². The third-order valence-corrected chi connectivity index (χ3v) is 7.12. The Hall–Kier alpha value is -3.06. The summed E-state index contributed by atoms with van der Waals surface area (Å²) in [7, 11) is 0. The third kappa shape index (κ3) is 3.93. The van der Waals surface area contributed by atoms with Crippen LogP contribution in [0.3, 0.4) is 0 Å². The van der Waals surface area contributed by atoms with Crippen molar-refractivity contribution in [2.75, 3.05) is 5.32 Å². The first kappa shape index (κ1) is 20.8. The number of anilines is 1. The zero-order valence-electron chi connectivity index (χ0n) is 18.8. The molecule has 0 atom stereocenters. The summed E-state index contributed by atoms with van der Waals surface area (Å²) in [6.45, 7) is 9.01. The van der Waals surface area contributed by atoms with Crippen molar-refractivity contribution in [1.29, 1.82) is 0 Å². The van der Waals surface area contributed by atoms with Crippen LogP contribution in [0.4, 0.5) is 5.69 Å². The molecular weight excluding hydrogens is 418 g/mol. The minimum atomic E-state index is -0.0967. The van der Waals surface area contributed by atoms with Gasteiger partial charge in [0.05, 0.1) is 10.6 Å². The fourth-order valence-corrected chi connectivity index (χ4v) is 5.32. The van der Waals surface area contributed by atoms with Crippen molar-refractivity contribution in [2.45, 2.75) is 58.9 Å². The van der Waals surface area contributed by atoms with Crippen LogP contribution in [0, 0.1) is 13.8 Å². The molecule has 1 saturated carbocycles. The molecule has 0 saturated heterocycles. The Bertz CT molecular complexity index is 1320. The van der Waals surface area contributed by atoms with Crippen LogP contribution in [0.15, 0.2) is 36.7 Å². The molecule has 0 unspecified atom stereocenters. The minimum Gasteiger partial charge on any atom is -0.330 e. The van der Waals surface area contributed by atoms with E-state index in [9.17, 15) is 4.79 Å². The van der Waals surface area contributed by atoms with E-state index in [4.69, 9.17) is 9.97 Å². The Labute approximate surface area is 191 Å². The fraction of sp³-hybridized carbons (Fsp3) is 0.360. The number of rotatable bonds is 6. The molecule has 5 rings (SSSR count). The molecule has 1 N–H and O–H groups in total. The Kier molecular flexibility index (Phi) is 5.29. The van der Waals surface area contributed by atoms with Crippen LogP contribution >= 0.6 is 11.3 Å². The van der Waals surface area contributed by atoms with E-state index in [1.54, 1.807) is 0 Å². The van der Waals surface area contributed by atoms with Gasteiger partial charge in [-0.25, -0.2) is 15.0 Å². The summed E-state index contributed by atoms with van der Waals surface area (Å²) in [6.07, 6.45) is 6.17. The number of imidazole rings is 1. The van der Waals surface area contributed by atoms with Gasteiger partial charge >= 0.3 is 0 Å². The van der Waals surface area contributed by atoms with Gasteiger partial charge in [-0.1, -0.05) is 26.0 Å². The number of hydrogen-bond donors (Lipinski definition) is 1. The monoisotopic (exact) mass is 445 g/mol. The predicted molar refractivity (Wildman–Crippen MR) is 129 cm³/mol. The van der Waals surface area contributed by atoms with Crippen LogP contribution in [0.1, 0.15) is 76.7 Å². The number of carbonyl (C=O) groups is 1. The molecule has 0 bridgehead atoms. The van der Waals surface area contributed by atoms with Gasteiger partial charge in [0, 0.05) is 41.8 Å². The maximum absolute atomic E-state index is 13.2. The quantitative estimate of drug-likeness (QED) is 0.407. The van der Waals surface area contributed by atoms with Crippen molar-refractivity contribution in [1.82, 2.24) is 19.5 Å². The molecule has 1 fully saturated rings. The Balaban J connectivity index is 1.39. The van der Waals surface area contributed by atoms with E-state index in [2.05, 4.69) is 34.8 Å². The number of thiophene rings is 1. The lowest BCUT2D eigenvalue weighted by molar-refractivity contribution is 0.103. The molecule has 7 heteroatoms. The van der Waals surface area contributed by atoms with Gasteiger partial charge in [0.2, 0.25) is 0 Å². The molecule has 1 amide bonds. The number of nitrogens with zero attached hydrogens (tertiary/aromatic N) is 4. The average Bonchev–Trinajstić information content (AvgIpc) is 3.40. The average molecular weight is 446 g/mol. The number of benzene rings is 1. The molecule has 32 heavy (non-hydrogen) atoms. The zero-order valence-corrected chi connectivity index (χ0v) is 19.7. The second-order valence-electron chi connectivity index (χ2n) is 8.90. The summed E-state index contributed by atoms with van der Waals surface area (Å²) in [4.78, 5) is 28.7. The van der Waals surface area contributed by atoms with E-state index in [1.165, 1.54) is 11.3 Å². The first-order valence-electron chi connectivity index (χ1n) is 11.1. The number of amides is 1. The van der Waals surface area contributed by atoms with Gasteiger partial charge in [-0.15, -0.1) is 11.3 Å². The molecule has 3 heterocycles. The molecule has 1 aliphatic carbocycles. The summed E-state index contributed by atoms with van der Waals surface area (Å²) < 4.78 is 2.15. The van der Waals surface area contributed by atoms with Crippen LogP contribution < -0.4 is 5.32 Å². The van der Waals surface area contributed by atoms with E-state index in [1.807, 2.05) is 44.4 Å². The SMILES string of the molecule is Cc1nc(C2CC2)nc2sc(C(=O)Nc3cccc(Cn4ccnc4C(C)C)c3)c(C)c12. The second kappa shape index (κ2) is 8.13. The number of hydrogen-bond acceptors (Lipinski definition) is 5. The predicted octanol–water partition coefficient (Wildman–Crippen LogP) is 5.81. The van der Waals surface area contributed by atoms with E-state index < -0.39 is 0 Å². The van der Waals surface area contributed by atoms with Gasteiger partial charge < -0.3 is 9.88 Å². The smallest absolute Gasteiger partial charge is 0.266 e. The highest BCUT2D eigenvalue weighted by Crippen LogP contribution is 2.40. The number of fused-ring (bicyclic) bond motifs is 1. The van der Waals surface area contributed by atoms with Crippen molar-refractivity contribution >= 4 is 33.1 Å².